The molecule has 0 aromatic rings. The largest absolute Gasteiger partial charge is 0.391 e. The van der Waals surface area contributed by atoms with E-state index in [2.05, 4.69) is 0 Å². The Bertz CT molecular complexity index is 99.0. The number of hydrogen-bond donors (Lipinski definition) is 1. The molecule has 1 saturated heterocycles. The molecule has 2 atom stereocenters. The van der Waals surface area contributed by atoms with Crippen molar-refractivity contribution >= 4 is 0 Å². The Hall–Kier alpha value is -0.120. The van der Waals surface area contributed by atoms with E-state index in [1.165, 1.54) is 0 Å². The SMILES string of the molecule is CC(O)C(C)OC1COC1. The van der Waals surface area contributed by atoms with E-state index in [9.17, 15) is 0 Å². The quantitative estimate of drug-likeness (QED) is 0.617. The lowest BCUT2D eigenvalue weighted by molar-refractivity contribution is -0.168. The highest BCUT2D eigenvalue weighted by molar-refractivity contribution is 4.68. The van der Waals surface area contributed by atoms with E-state index in [0.717, 1.165) is 0 Å². The molecule has 0 amide bonds. The van der Waals surface area contributed by atoms with Crippen LogP contribution in [0.3, 0.4) is 0 Å². The van der Waals surface area contributed by atoms with Crippen LogP contribution in [0.1, 0.15) is 13.8 Å². The number of hydrogen-bond acceptors (Lipinski definition) is 3. The molecule has 1 aliphatic rings. The van der Waals surface area contributed by atoms with Gasteiger partial charge in [-0.3, -0.25) is 0 Å². The molecule has 0 saturated carbocycles. The van der Waals surface area contributed by atoms with Gasteiger partial charge in [-0.2, -0.15) is 0 Å². The molecule has 0 aromatic carbocycles. The summed E-state index contributed by atoms with van der Waals surface area (Å²) in [6.07, 6.45) is -0.251. The molecule has 0 spiro atoms. The average molecular weight is 146 g/mol. The number of aliphatic hydroxyl groups excluding tert-OH is 1. The van der Waals surface area contributed by atoms with Crippen molar-refractivity contribution in [1.82, 2.24) is 0 Å². The maximum absolute atomic E-state index is 9.02. The van der Waals surface area contributed by atoms with E-state index < -0.39 is 0 Å². The first-order valence-electron chi connectivity index (χ1n) is 3.61. The van der Waals surface area contributed by atoms with Crippen LogP contribution in [0.4, 0.5) is 0 Å². The van der Waals surface area contributed by atoms with Gasteiger partial charge < -0.3 is 14.6 Å². The summed E-state index contributed by atoms with van der Waals surface area (Å²) in [4.78, 5) is 0. The first-order chi connectivity index (χ1) is 4.70. The first kappa shape index (κ1) is 7.98. The molecule has 0 bridgehead atoms. The third kappa shape index (κ3) is 1.94. The van der Waals surface area contributed by atoms with E-state index in [1.807, 2.05) is 6.92 Å². The van der Waals surface area contributed by atoms with Crippen LogP contribution in [-0.4, -0.2) is 36.6 Å². The monoisotopic (exact) mass is 146 g/mol. The van der Waals surface area contributed by atoms with Gasteiger partial charge in [0.1, 0.15) is 6.10 Å². The topological polar surface area (TPSA) is 38.7 Å². The minimum absolute atomic E-state index is 0.0751. The Balaban J connectivity index is 2.10. The Morgan fingerprint density at radius 1 is 1.50 bits per heavy atom. The van der Waals surface area contributed by atoms with E-state index >= 15 is 0 Å². The zero-order chi connectivity index (χ0) is 7.56. The van der Waals surface area contributed by atoms with Crippen LogP contribution in [0.15, 0.2) is 0 Å². The Morgan fingerprint density at radius 2 is 2.10 bits per heavy atom. The maximum Gasteiger partial charge on any atom is 0.105 e. The second-order valence-corrected chi connectivity index (χ2v) is 2.74. The minimum Gasteiger partial charge on any atom is -0.391 e. The van der Waals surface area contributed by atoms with Crippen LogP contribution in [0, 0.1) is 0 Å². The Kier molecular flexibility index (Phi) is 2.65. The predicted molar refractivity (Wildman–Crippen MR) is 36.8 cm³/mol. The van der Waals surface area contributed by atoms with Crippen molar-refractivity contribution in [3.63, 3.8) is 0 Å². The van der Waals surface area contributed by atoms with Gasteiger partial charge in [0.15, 0.2) is 0 Å². The van der Waals surface area contributed by atoms with Crippen molar-refractivity contribution in [3.8, 4) is 0 Å². The van der Waals surface area contributed by atoms with Crippen molar-refractivity contribution in [3.05, 3.63) is 0 Å². The molecule has 1 aliphatic heterocycles. The van der Waals surface area contributed by atoms with Gasteiger partial charge in [0.05, 0.1) is 25.4 Å². The first-order valence-corrected chi connectivity index (χ1v) is 3.61. The lowest BCUT2D eigenvalue weighted by Gasteiger charge is -2.30. The Morgan fingerprint density at radius 3 is 2.40 bits per heavy atom. The maximum atomic E-state index is 9.02. The number of aliphatic hydroxyl groups is 1. The van der Waals surface area contributed by atoms with E-state index in [1.54, 1.807) is 6.92 Å². The highest BCUT2D eigenvalue weighted by atomic mass is 16.6. The summed E-state index contributed by atoms with van der Waals surface area (Å²) in [6.45, 7) is 4.95. The van der Waals surface area contributed by atoms with Gasteiger partial charge in [-0.05, 0) is 13.8 Å². The summed E-state index contributed by atoms with van der Waals surface area (Å²) in [6, 6.07) is 0. The summed E-state index contributed by atoms with van der Waals surface area (Å²) < 4.78 is 10.3. The molecule has 1 heterocycles. The summed E-state index contributed by atoms with van der Waals surface area (Å²) >= 11 is 0. The fraction of sp³-hybridized carbons (Fsp3) is 1.00. The number of ether oxygens (including phenoxy) is 2. The van der Waals surface area contributed by atoms with E-state index in [-0.39, 0.29) is 18.3 Å². The molecule has 1 N–H and O–H groups in total. The molecule has 0 aromatic heterocycles. The summed E-state index contributed by atoms with van der Waals surface area (Å²) in [7, 11) is 0. The van der Waals surface area contributed by atoms with Crippen molar-refractivity contribution in [2.75, 3.05) is 13.2 Å². The van der Waals surface area contributed by atoms with Crippen molar-refractivity contribution in [2.45, 2.75) is 32.2 Å². The van der Waals surface area contributed by atoms with Gasteiger partial charge in [0, 0.05) is 0 Å². The number of rotatable bonds is 3. The third-order valence-electron chi connectivity index (χ3n) is 1.69. The van der Waals surface area contributed by atoms with Gasteiger partial charge in [-0.15, -0.1) is 0 Å². The highest BCUT2D eigenvalue weighted by Crippen LogP contribution is 2.10. The fourth-order valence-corrected chi connectivity index (χ4v) is 0.710. The summed E-state index contributed by atoms with van der Waals surface area (Å²) in [5.41, 5.74) is 0. The van der Waals surface area contributed by atoms with Gasteiger partial charge in [0.25, 0.3) is 0 Å². The van der Waals surface area contributed by atoms with Crippen LogP contribution >= 0.6 is 0 Å². The van der Waals surface area contributed by atoms with Crippen molar-refractivity contribution < 1.29 is 14.6 Å². The third-order valence-corrected chi connectivity index (χ3v) is 1.69. The van der Waals surface area contributed by atoms with Gasteiger partial charge in [0.2, 0.25) is 0 Å². The normalized spacial score (nSPS) is 25.5. The highest BCUT2D eigenvalue weighted by Gasteiger charge is 2.22. The zero-order valence-electron chi connectivity index (χ0n) is 6.41. The molecule has 2 unspecified atom stereocenters. The van der Waals surface area contributed by atoms with Gasteiger partial charge in [-0.1, -0.05) is 0 Å². The standard InChI is InChI=1S/C7H14O3/c1-5(8)6(2)10-7-3-9-4-7/h5-8H,3-4H2,1-2H3. The van der Waals surface area contributed by atoms with Gasteiger partial charge >= 0.3 is 0 Å². The molecule has 60 valence electrons. The molecule has 1 rings (SSSR count). The molecular formula is C7H14O3. The molecule has 3 heteroatoms. The lowest BCUT2D eigenvalue weighted by Crippen LogP contribution is -2.41. The fourth-order valence-electron chi connectivity index (χ4n) is 0.710. The van der Waals surface area contributed by atoms with Crippen molar-refractivity contribution in [2.24, 2.45) is 0 Å². The van der Waals surface area contributed by atoms with Gasteiger partial charge in [-0.25, -0.2) is 0 Å². The van der Waals surface area contributed by atoms with E-state index in [4.69, 9.17) is 14.6 Å². The van der Waals surface area contributed by atoms with Crippen LogP contribution in [0.25, 0.3) is 0 Å². The lowest BCUT2D eigenvalue weighted by atomic mass is 10.2. The molecule has 0 aliphatic carbocycles. The second-order valence-electron chi connectivity index (χ2n) is 2.74. The second kappa shape index (κ2) is 3.32. The van der Waals surface area contributed by atoms with E-state index in [0.29, 0.717) is 13.2 Å². The molecule has 3 nitrogen and oxygen atoms in total. The van der Waals surface area contributed by atoms with Crippen molar-refractivity contribution in [1.29, 1.82) is 0 Å². The predicted octanol–water partition coefficient (Wildman–Crippen LogP) is 0.171. The van der Waals surface area contributed by atoms with Crippen LogP contribution in [0.2, 0.25) is 0 Å². The molecular weight excluding hydrogens is 132 g/mol. The summed E-state index contributed by atoms with van der Waals surface area (Å²) in [5, 5.41) is 9.02. The smallest absolute Gasteiger partial charge is 0.105 e. The molecule has 10 heavy (non-hydrogen) atoms. The van der Waals surface area contributed by atoms with Crippen LogP contribution < -0.4 is 0 Å². The Labute approximate surface area is 60.9 Å². The average Bonchev–Trinajstić information content (AvgIpc) is 1.77. The van der Waals surface area contributed by atoms with Crippen LogP contribution in [0.5, 0.6) is 0 Å². The minimum atomic E-state index is -0.388. The molecule has 1 fully saturated rings. The zero-order valence-corrected chi connectivity index (χ0v) is 6.41. The van der Waals surface area contributed by atoms with Crippen LogP contribution in [-0.2, 0) is 9.47 Å². The molecule has 0 radical (unpaired) electrons. The summed E-state index contributed by atoms with van der Waals surface area (Å²) in [5.74, 6) is 0.